The second kappa shape index (κ2) is 7.66. The van der Waals surface area contributed by atoms with Crippen molar-refractivity contribution >= 4 is 23.8 Å². The quantitative estimate of drug-likeness (QED) is 0.638. The maximum Gasteiger partial charge on any atom is 0.124 e. The van der Waals surface area contributed by atoms with Crippen molar-refractivity contribution in [3.8, 4) is 11.5 Å². The van der Waals surface area contributed by atoms with E-state index < -0.39 is 0 Å². The molecule has 0 saturated carbocycles. The number of phenols is 2. The molecule has 2 N–H and O–H groups in total. The first-order chi connectivity index (χ1) is 12.5. The SMILES string of the molecule is Cc1ccc(O)c(C=Nc2ccc(N=Cc3cc(C)ccc3O)cc2)c1. The summed E-state index contributed by atoms with van der Waals surface area (Å²) in [6, 6.07) is 18.2. The van der Waals surface area contributed by atoms with Gasteiger partial charge in [0.1, 0.15) is 11.5 Å². The van der Waals surface area contributed by atoms with Crippen LogP contribution in [0.1, 0.15) is 22.3 Å². The van der Waals surface area contributed by atoms with E-state index in [9.17, 15) is 10.2 Å². The summed E-state index contributed by atoms with van der Waals surface area (Å²) >= 11 is 0. The fourth-order valence-electron chi connectivity index (χ4n) is 2.47. The molecule has 0 amide bonds. The van der Waals surface area contributed by atoms with Gasteiger partial charge in [0, 0.05) is 23.6 Å². The summed E-state index contributed by atoms with van der Waals surface area (Å²) in [5, 5.41) is 19.7. The van der Waals surface area contributed by atoms with E-state index in [1.54, 1.807) is 24.6 Å². The van der Waals surface area contributed by atoms with Crippen LogP contribution < -0.4 is 0 Å². The van der Waals surface area contributed by atoms with Crippen LogP contribution in [-0.2, 0) is 0 Å². The van der Waals surface area contributed by atoms with Gasteiger partial charge in [-0.3, -0.25) is 9.98 Å². The van der Waals surface area contributed by atoms with Gasteiger partial charge in [-0.05, 0) is 62.4 Å². The molecule has 0 aliphatic heterocycles. The molecule has 0 unspecified atom stereocenters. The molecule has 4 heteroatoms. The van der Waals surface area contributed by atoms with Crippen LogP contribution in [-0.4, -0.2) is 22.6 Å². The summed E-state index contributed by atoms with van der Waals surface area (Å²) < 4.78 is 0. The predicted molar refractivity (Wildman–Crippen MR) is 107 cm³/mol. The second-order valence-electron chi connectivity index (χ2n) is 6.16. The van der Waals surface area contributed by atoms with E-state index in [2.05, 4.69) is 9.98 Å². The van der Waals surface area contributed by atoms with E-state index in [-0.39, 0.29) is 11.5 Å². The third-order valence-corrected chi connectivity index (χ3v) is 3.92. The lowest BCUT2D eigenvalue weighted by Gasteiger charge is -2.01. The Bertz CT molecular complexity index is 893. The number of aliphatic imine (C=N–C) groups is 2. The number of phenolic OH excluding ortho intramolecular Hbond substituents is 2. The standard InChI is InChI=1S/C22H20N2O2/c1-15-3-9-21(25)17(11-15)13-23-19-5-7-20(8-6-19)24-14-18-12-16(2)4-10-22(18)26/h3-14,25-26H,1-2H3. The zero-order valence-corrected chi connectivity index (χ0v) is 14.7. The van der Waals surface area contributed by atoms with Crippen LogP contribution in [0.15, 0.2) is 70.6 Å². The Labute approximate surface area is 152 Å². The van der Waals surface area contributed by atoms with E-state index in [0.29, 0.717) is 11.1 Å². The largest absolute Gasteiger partial charge is 0.507 e. The molecular formula is C22H20N2O2. The van der Waals surface area contributed by atoms with Gasteiger partial charge in [-0.15, -0.1) is 0 Å². The van der Waals surface area contributed by atoms with Gasteiger partial charge in [0.15, 0.2) is 0 Å². The molecule has 0 spiro atoms. The molecule has 3 aromatic carbocycles. The average Bonchev–Trinajstić information content (AvgIpc) is 2.64. The first-order valence-electron chi connectivity index (χ1n) is 8.29. The lowest BCUT2D eigenvalue weighted by atomic mass is 10.1. The van der Waals surface area contributed by atoms with Gasteiger partial charge in [-0.1, -0.05) is 23.3 Å². The number of hydrogen-bond acceptors (Lipinski definition) is 4. The third kappa shape index (κ3) is 4.36. The lowest BCUT2D eigenvalue weighted by molar-refractivity contribution is 0.474. The zero-order chi connectivity index (χ0) is 18.5. The number of hydrogen-bond donors (Lipinski definition) is 2. The number of benzene rings is 3. The Morgan fingerprint density at radius 3 is 1.38 bits per heavy atom. The Morgan fingerprint density at radius 1 is 0.615 bits per heavy atom. The molecule has 0 aromatic heterocycles. The van der Waals surface area contributed by atoms with Crippen molar-refractivity contribution < 1.29 is 10.2 Å². The number of aromatic hydroxyl groups is 2. The van der Waals surface area contributed by atoms with E-state index in [4.69, 9.17) is 0 Å². The van der Waals surface area contributed by atoms with Gasteiger partial charge in [0.05, 0.1) is 11.4 Å². The fraction of sp³-hybridized carbons (Fsp3) is 0.0909. The third-order valence-electron chi connectivity index (χ3n) is 3.92. The maximum absolute atomic E-state index is 9.85. The van der Waals surface area contributed by atoms with E-state index in [0.717, 1.165) is 22.5 Å². The molecule has 0 fully saturated rings. The highest BCUT2D eigenvalue weighted by Gasteiger charge is 1.99. The summed E-state index contributed by atoms with van der Waals surface area (Å²) in [5.74, 6) is 0.414. The molecule has 4 nitrogen and oxygen atoms in total. The highest BCUT2D eigenvalue weighted by atomic mass is 16.3. The topological polar surface area (TPSA) is 65.2 Å². The Kier molecular flexibility index (Phi) is 5.13. The van der Waals surface area contributed by atoms with Crippen molar-refractivity contribution in [2.45, 2.75) is 13.8 Å². The highest BCUT2D eigenvalue weighted by molar-refractivity contribution is 5.86. The van der Waals surface area contributed by atoms with Gasteiger partial charge in [-0.2, -0.15) is 0 Å². The summed E-state index contributed by atoms with van der Waals surface area (Å²) in [6.45, 7) is 3.94. The summed E-state index contributed by atoms with van der Waals surface area (Å²) in [6.07, 6.45) is 3.29. The van der Waals surface area contributed by atoms with E-state index in [1.165, 1.54) is 0 Å². The number of rotatable bonds is 4. The first-order valence-corrected chi connectivity index (χ1v) is 8.29. The van der Waals surface area contributed by atoms with Crippen molar-refractivity contribution in [3.05, 3.63) is 82.9 Å². The monoisotopic (exact) mass is 344 g/mol. The summed E-state index contributed by atoms with van der Waals surface area (Å²) in [4.78, 5) is 8.77. The minimum atomic E-state index is 0.207. The predicted octanol–water partition coefficient (Wildman–Crippen LogP) is 5.22. The first kappa shape index (κ1) is 17.4. The Hall–Kier alpha value is -3.40. The molecule has 0 heterocycles. The van der Waals surface area contributed by atoms with Crippen LogP contribution in [0, 0.1) is 13.8 Å². The molecule has 0 saturated heterocycles. The average molecular weight is 344 g/mol. The molecule has 0 aliphatic rings. The minimum absolute atomic E-state index is 0.207. The zero-order valence-electron chi connectivity index (χ0n) is 14.7. The van der Waals surface area contributed by atoms with Crippen molar-refractivity contribution in [2.75, 3.05) is 0 Å². The van der Waals surface area contributed by atoms with Crippen molar-refractivity contribution in [1.82, 2.24) is 0 Å². The molecule has 26 heavy (non-hydrogen) atoms. The summed E-state index contributed by atoms with van der Waals surface area (Å²) in [5.41, 5.74) is 5.03. The molecule has 3 aromatic rings. The Balaban J connectivity index is 1.74. The molecule has 0 aliphatic carbocycles. The minimum Gasteiger partial charge on any atom is -0.507 e. The van der Waals surface area contributed by atoms with Gasteiger partial charge < -0.3 is 10.2 Å². The van der Waals surface area contributed by atoms with Crippen molar-refractivity contribution in [2.24, 2.45) is 9.98 Å². The van der Waals surface area contributed by atoms with E-state index in [1.807, 2.05) is 62.4 Å². The van der Waals surface area contributed by atoms with Crippen LogP contribution in [0.4, 0.5) is 11.4 Å². The summed E-state index contributed by atoms with van der Waals surface area (Å²) in [7, 11) is 0. The number of aryl methyl sites for hydroxylation is 2. The van der Waals surface area contributed by atoms with Crippen LogP contribution in [0.3, 0.4) is 0 Å². The normalized spacial score (nSPS) is 11.5. The highest BCUT2D eigenvalue weighted by Crippen LogP contribution is 2.22. The molecule has 3 rings (SSSR count). The number of nitrogens with zero attached hydrogens (tertiary/aromatic N) is 2. The van der Waals surface area contributed by atoms with Gasteiger partial charge >= 0.3 is 0 Å². The van der Waals surface area contributed by atoms with Gasteiger partial charge in [0.2, 0.25) is 0 Å². The fourth-order valence-corrected chi connectivity index (χ4v) is 2.47. The molecule has 0 bridgehead atoms. The molecular weight excluding hydrogens is 324 g/mol. The van der Waals surface area contributed by atoms with Crippen molar-refractivity contribution in [3.63, 3.8) is 0 Å². The van der Waals surface area contributed by atoms with Crippen LogP contribution in [0.25, 0.3) is 0 Å². The van der Waals surface area contributed by atoms with Crippen LogP contribution in [0.2, 0.25) is 0 Å². The van der Waals surface area contributed by atoms with Crippen molar-refractivity contribution in [1.29, 1.82) is 0 Å². The maximum atomic E-state index is 9.85. The molecule has 0 radical (unpaired) electrons. The van der Waals surface area contributed by atoms with Crippen LogP contribution in [0.5, 0.6) is 11.5 Å². The van der Waals surface area contributed by atoms with Crippen LogP contribution >= 0.6 is 0 Å². The molecule has 130 valence electrons. The lowest BCUT2D eigenvalue weighted by Crippen LogP contribution is -1.84. The smallest absolute Gasteiger partial charge is 0.124 e. The van der Waals surface area contributed by atoms with Gasteiger partial charge in [0.25, 0.3) is 0 Å². The van der Waals surface area contributed by atoms with E-state index >= 15 is 0 Å². The molecule has 0 atom stereocenters. The Morgan fingerprint density at radius 2 is 1.00 bits per heavy atom. The van der Waals surface area contributed by atoms with Gasteiger partial charge in [-0.25, -0.2) is 0 Å². The second-order valence-corrected chi connectivity index (χ2v) is 6.16.